The van der Waals surface area contributed by atoms with E-state index >= 15 is 0 Å². The van der Waals surface area contributed by atoms with Crippen molar-refractivity contribution in [1.82, 2.24) is 0 Å². The third-order valence-corrected chi connectivity index (χ3v) is 12.1. The van der Waals surface area contributed by atoms with Crippen LogP contribution >= 0.6 is 0 Å². The van der Waals surface area contributed by atoms with Crippen LogP contribution in [0.2, 0.25) is 0 Å². The van der Waals surface area contributed by atoms with Gasteiger partial charge in [0.1, 0.15) is 22.3 Å². The highest BCUT2D eigenvalue weighted by Gasteiger charge is 2.22. The number of hydrogen-bond acceptors (Lipinski definition) is 3. The zero-order valence-electron chi connectivity index (χ0n) is 33.1. The fraction of sp³-hybridized carbons (Fsp3) is 0. The van der Waals surface area contributed by atoms with E-state index in [1.165, 1.54) is 27.5 Å². The van der Waals surface area contributed by atoms with Gasteiger partial charge in [-0.15, -0.1) is 0 Å². The molecular formula is C58H37NO2. The van der Waals surface area contributed by atoms with Gasteiger partial charge in [-0.05, 0) is 87.1 Å². The number of fused-ring (bicyclic) bond motifs is 7. The van der Waals surface area contributed by atoms with Gasteiger partial charge < -0.3 is 13.7 Å². The Balaban J connectivity index is 1.03. The summed E-state index contributed by atoms with van der Waals surface area (Å²) < 4.78 is 13.1. The van der Waals surface area contributed by atoms with Crippen molar-refractivity contribution < 1.29 is 8.83 Å². The Morgan fingerprint density at radius 3 is 1.51 bits per heavy atom. The highest BCUT2D eigenvalue weighted by atomic mass is 16.3. The van der Waals surface area contributed by atoms with E-state index in [1.54, 1.807) is 0 Å². The maximum Gasteiger partial charge on any atom is 0.143 e. The Morgan fingerprint density at radius 2 is 0.787 bits per heavy atom. The summed E-state index contributed by atoms with van der Waals surface area (Å²) in [5.74, 6) is 0. The van der Waals surface area contributed by atoms with Gasteiger partial charge in [0.05, 0.1) is 5.69 Å². The Bertz CT molecular complexity index is 3610. The number of anilines is 3. The molecule has 0 aliphatic heterocycles. The smallest absolute Gasteiger partial charge is 0.143 e. The summed E-state index contributed by atoms with van der Waals surface area (Å²) in [6, 6.07) is 79.9. The maximum atomic E-state index is 6.64. The van der Waals surface area contributed by atoms with Gasteiger partial charge in [-0.1, -0.05) is 176 Å². The van der Waals surface area contributed by atoms with E-state index < -0.39 is 0 Å². The fourth-order valence-corrected chi connectivity index (χ4v) is 9.20. The first-order chi connectivity index (χ1) is 30.2. The summed E-state index contributed by atoms with van der Waals surface area (Å²) in [5.41, 5.74) is 15.6. The average molecular weight is 780 g/mol. The molecule has 0 amide bonds. The summed E-state index contributed by atoms with van der Waals surface area (Å²) in [4.78, 5) is 2.38. The first-order valence-corrected chi connectivity index (χ1v) is 20.7. The average Bonchev–Trinajstić information content (AvgIpc) is 3.91. The lowest BCUT2D eigenvalue weighted by Crippen LogP contribution is -2.11. The molecule has 0 unspecified atom stereocenters. The van der Waals surface area contributed by atoms with Gasteiger partial charge >= 0.3 is 0 Å². The van der Waals surface area contributed by atoms with E-state index in [2.05, 4.69) is 205 Å². The van der Waals surface area contributed by atoms with E-state index in [9.17, 15) is 0 Å². The summed E-state index contributed by atoms with van der Waals surface area (Å²) in [6.45, 7) is 0. The first kappa shape index (κ1) is 34.9. The highest BCUT2D eigenvalue weighted by molar-refractivity contribution is 6.11. The van der Waals surface area contributed by atoms with Crippen molar-refractivity contribution in [1.29, 1.82) is 0 Å². The molecule has 0 bridgehead atoms. The van der Waals surface area contributed by atoms with Crippen LogP contribution in [-0.2, 0) is 0 Å². The number of rotatable bonds is 7. The Morgan fingerprint density at radius 1 is 0.279 bits per heavy atom. The predicted molar refractivity (Wildman–Crippen MR) is 255 cm³/mol. The van der Waals surface area contributed by atoms with Gasteiger partial charge in [-0.3, -0.25) is 0 Å². The van der Waals surface area contributed by atoms with Crippen molar-refractivity contribution in [3.05, 3.63) is 224 Å². The number of para-hydroxylation sites is 5. The SMILES string of the molecule is c1cc(-c2ccccc2-c2ccc3ccccc3c2)cc(N(c2ccc(-c3cccc4c3oc3ccccc34)cc2)c2ccccc2-c2cccc3c2oc2ccccc23)c1. The van der Waals surface area contributed by atoms with E-state index in [4.69, 9.17) is 8.83 Å². The molecule has 12 rings (SSSR count). The molecule has 0 spiro atoms. The minimum atomic E-state index is 0.878. The van der Waals surface area contributed by atoms with E-state index in [0.29, 0.717) is 0 Å². The number of furan rings is 2. The predicted octanol–water partition coefficient (Wildman–Crippen LogP) is 16.8. The molecule has 0 N–H and O–H groups in total. The molecule has 12 aromatic rings. The van der Waals surface area contributed by atoms with Crippen LogP contribution < -0.4 is 4.90 Å². The topological polar surface area (TPSA) is 29.5 Å². The zero-order valence-corrected chi connectivity index (χ0v) is 33.1. The van der Waals surface area contributed by atoms with Crippen LogP contribution in [0.3, 0.4) is 0 Å². The molecule has 2 aromatic heterocycles. The molecule has 0 aliphatic carbocycles. The van der Waals surface area contributed by atoms with Gasteiger partial charge in [0.25, 0.3) is 0 Å². The summed E-state index contributed by atoms with van der Waals surface area (Å²) in [5, 5.41) is 6.92. The van der Waals surface area contributed by atoms with Crippen molar-refractivity contribution in [2.45, 2.75) is 0 Å². The number of benzene rings is 10. The molecule has 0 fully saturated rings. The lowest BCUT2D eigenvalue weighted by molar-refractivity contribution is 0.669. The highest BCUT2D eigenvalue weighted by Crippen LogP contribution is 2.46. The molecule has 286 valence electrons. The molecule has 10 aromatic carbocycles. The van der Waals surface area contributed by atoms with Crippen LogP contribution in [0, 0.1) is 0 Å². The van der Waals surface area contributed by atoms with Crippen molar-refractivity contribution in [3.8, 4) is 44.5 Å². The van der Waals surface area contributed by atoms with Gasteiger partial charge in [0, 0.05) is 49.6 Å². The lowest BCUT2D eigenvalue weighted by Gasteiger charge is -2.28. The minimum absolute atomic E-state index is 0.878. The maximum absolute atomic E-state index is 6.64. The second-order valence-electron chi connectivity index (χ2n) is 15.6. The standard InChI is InChI=1S/C58H37NO2/c1-2-15-40-36-42(31-30-38(40)14-1)46-19-4-3-18-45(46)41-16-11-17-44(37-41)59(43-34-32-39(33-35-43)47-23-12-25-52-49-21-6-9-28-55(49)60-57(47)52)54-27-8-5-20-48(54)51-24-13-26-53-50-22-7-10-29-56(50)61-58(51)53/h1-37H. The van der Waals surface area contributed by atoms with Crippen LogP contribution in [-0.4, -0.2) is 0 Å². The van der Waals surface area contributed by atoms with Crippen LogP contribution in [0.5, 0.6) is 0 Å². The van der Waals surface area contributed by atoms with E-state index in [1.807, 2.05) is 24.3 Å². The molecule has 2 heterocycles. The minimum Gasteiger partial charge on any atom is -0.455 e. The monoisotopic (exact) mass is 779 g/mol. The molecule has 0 radical (unpaired) electrons. The number of hydrogen-bond donors (Lipinski definition) is 0. The largest absolute Gasteiger partial charge is 0.455 e. The molecular weight excluding hydrogens is 743 g/mol. The third-order valence-electron chi connectivity index (χ3n) is 12.1. The third kappa shape index (κ3) is 5.90. The second kappa shape index (κ2) is 14.3. The van der Waals surface area contributed by atoms with E-state index in [-0.39, 0.29) is 0 Å². The molecule has 61 heavy (non-hydrogen) atoms. The van der Waals surface area contributed by atoms with Crippen LogP contribution in [0.4, 0.5) is 17.1 Å². The lowest BCUT2D eigenvalue weighted by atomic mass is 9.93. The van der Waals surface area contributed by atoms with Crippen molar-refractivity contribution in [3.63, 3.8) is 0 Å². The molecule has 0 saturated heterocycles. The Labute approximate surface area is 353 Å². The first-order valence-electron chi connectivity index (χ1n) is 20.7. The van der Waals surface area contributed by atoms with Crippen molar-refractivity contribution in [2.75, 3.05) is 4.90 Å². The van der Waals surface area contributed by atoms with Crippen LogP contribution in [0.25, 0.3) is 99.2 Å². The van der Waals surface area contributed by atoms with Crippen LogP contribution in [0.15, 0.2) is 233 Å². The Hall–Kier alpha value is -8.14. The summed E-state index contributed by atoms with van der Waals surface area (Å²) >= 11 is 0. The summed E-state index contributed by atoms with van der Waals surface area (Å²) in [6.07, 6.45) is 0. The second-order valence-corrected chi connectivity index (χ2v) is 15.6. The van der Waals surface area contributed by atoms with Crippen molar-refractivity contribution in [2.24, 2.45) is 0 Å². The quantitative estimate of drug-likeness (QED) is 0.161. The van der Waals surface area contributed by atoms with Gasteiger partial charge in [-0.25, -0.2) is 0 Å². The molecule has 0 atom stereocenters. The van der Waals surface area contributed by atoms with Gasteiger partial charge in [0.15, 0.2) is 0 Å². The van der Waals surface area contributed by atoms with E-state index in [0.717, 1.165) is 88.8 Å². The zero-order chi connectivity index (χ0) is 40.3. The Kier molecular flexibility index (Phi) is 8.17. The molecule has 0 saturated carbocycles. The van der Waals surface area contributed by atoms with Crippen LogP contribution in [0.1, 0.15) is 0 Å². The number of nitrogens with zero attached hydrogens (tertiary/aromatic N) is 1. The normalized spacial score (nSPS) is 11.6. The molecule has 0 aliphatic rings. The molecule has 3 heteroatoms. The summed E-state index contributed by atoms with van der Waals surface area (Å²) in [7, 11) is 0. The molecule has 3 nitrogen and oxygen atoms in total. The van der Waals surface area contributed by atoms with Crippen molar-refractivity contribution >= 4 is 71.7 Å². The van der Waals surface area contributed by atoms with Gasteiger partial charge in [-0.2, -0.15) is 0 Å². The fourth-order valence-electron chi connectivity index (χ4n) is 9.20. The van der Waals surface area contributed by atoms with Gasteiger partial charge in [0.2, 0.25) is 0 Å².